The Morgan fingerprint density at radius 3 is 1.45 bits per heavy atom. The number of amides is 1. The number of methoxy groups -OCH3 is 1. The maximum Gasteiger partial charge on any atom is 0.207 e. The average molecular weight is 320 g/mol. The van der Waals surface area contributed by atoms with Gasteiger partial charge in [0.25, 0.3) is 0 Å². The Hall–Kier alpha value is -0.900. The molecule has 0 saturated heterocycles. The number of nitrogens with one attached hydrogen (secondary N) is 1. The molecule has 0 radical (unpaired) electrons. The maximum atomic E-state index is 9.52. The lowest BCUT2D eigenvalue weighted by atomic mass is 9.84. The summed E-state index contributed by atoms with van der Waals surface area (Å²) in [6, 6.07) is 0. The van der Waals surface area contributed by atoms with Crippen LogP contribution in [-0.2, 0) is 14.3 Å². The highest BCUT2D eigenvalue weighted by Gasteiger charge is 2.13. The van der Waals surface area contributed by atoms with Crippen LogP contribution in [0.15, 0.2) is 0 Å². The number of aldehydes is 1. The first-order chi connectivity index (χ1) is 9.92. The molecule has 0 aromatic carbocycles. The van der Waals surface area contributed by atoms with Gasteiger partial charge in [-0.15, -0.1) is 0 Å². The number of hydrogen-bond donors (Lipinski definition) is 1. The molecule has 0 aliphatic rings. The topological polar surface area (TPSA) is 55.4 Å². The zero-order chi connectivity index (χ0) is 18.8. The molecule has 0 bridgehead atoms. The summed E-state index contributed by atoms with van der Waals surface area (Å²) in [6.07, 6.45) is 1.73. The van der Waals surface area contributed by atoms with Crippen LogP contribution >= 0.6 is 0 Å². The molecular weight excluding hydrogens is 278 g/mol. The Morgan fingerprint density at radius 2 is 1.32 bits per heavy atom. The normalized spacial score (nSPS) is 10.0. The van der Waals surface area contributed by atoms with Crippen LogP contribution in [-0.4, -0.2) is 32.0 Å². The molecule has 136 valence electrons. The molecule has 0 aliphatic carbocycles. The van der Waals surface area contributed by atoms with Crippen LogP contribution in [0.1, 0.15) is 75.7 Å². The first-order valence-corrected chi connectivity index (χ1v) is 8.08. The predicted molar refractivity (Wildman–Crippen MR) is 97.2 cm³/mol. The first kappa shape index (κ1) is 29.2. The molecule has 4 heteroatoms. The molecule has 0 aromatic heterocycles. The maximum absolute atomic E-state index is 9.52. The van der Waals surface area contributed by atoms with Crippen molar-refractivity contribution in [2.45, 2.75) is 81.3 Å². The molecular formula is C18H41NO3. The van der Waals surface area contributed by atoms with Gasteiger partial charge in [0, 0.05) is 20.1 Å². The fourth-order valence-corrected chi connectivity index (χ4v) is 0.201. The van der Waals surface area contributed by atoms with Gasteiger partial charge in [-0.05, 0) is 32.1 Å². The van der Waals surface area contributed by atoms with E-state index in [9.17, 15) is 9.59 Å². The summed E-state index contributed by atoms with van der Waals surface area (Å²) in [5.74, 6) is 0.799. The van der Waals surface area contributed by atoms with Crippen LogP contribution in [0.3, 0.4) is 0 Å². The predicted octanol–water partition coefficient (Wildman–Crippen LogP) is 4.47. The fourth-order valence-electron chi connectivity index (χ4n) is 0.201. The number of rotatable bonds is 4. The minimum absolute atomic E-state index is 0.0417. The number of carbonyl (C=O) groups excluding carboxylic acids is 2. The van der Waals surface area contributed by atoms with Gasteiger partial charge in [-0.25, -0.2) is 0 Å². The van der Waals surface area contributed by atoms with Crippen molar-refractivity contribution in [2.24, 2.45) is 11.3 Å². The fraction of sp³-hybridized carbons (Fsp3) is 0.889. The Bertz CT molecular complexity index is 217. The summed E-state index contributed by atoms with van der Waals surface area (Å²) in [4.78, 5) is 19.0. The van der Waals surface area contributed by atoms with E-state index in [1.165, 1.54) is 0 Å². The van der Waals surface area contributed by atoms with E-state index >= 15 is 0 Å². The van der Waals surface area contributed by atoms with Crippen LogP contribution < -0.4 is 5.32 Å². The van der Waals surface area contributed by atoms with E-state index in [4.69, 9.17) is 4.74 Å². The van der Waals surface area contributed by atoms with Gasteiger partial charge >= 0.3 is 0 Å². The van der Waals surface area contributed by atoms with Crippen LogP contribution in [0, 0.1) is 11.3 Å². The van der Waals surface area contributed by atoms with Gasteiger partial charge < -0.3 is 14.8 Å². The van der Waals surface area contributed by atoms with E-state index in [0.29, 0.717) is 24.8 Å². The largest absolute Gasteiger partial charge is 0.379 e. The molecule has 0 heterocycles. The second kappa shape index (κ2) is 18.1. The van der Waals surface area contributed by atoms with Crippen molar-refractivity contribution in [2.75, 3.05) is 13.7 Å². The molecule has 0 rings (SSSR count). The highest BCUT2D eigenvalue weighted by Crippen LogP contribution is 2.23. The highest BCUT2D eigenvalue weighted by atomic mass is 16.5. The van der Waals surface area contributed by atoms with Crippen molar-refractivity contribution >= 4 is 12.7 Å². The molecule has 0 aromatic rings. The Balaban J connectivity index is -0.000000105. The number of hydrogen-bond acceptors (Lipinski definition) is 3. The van der Waals surface area contributed by atoms with Crippen LogP contribution in [0.2, 0.25) is 0 Å². The molecule has 4 nitrogen and oxygen atoms in total. The summed E-state index contributed by atoms with van der Waals surface area (Å²) in [5, 5.41) is 2.34. The molecule has 0 aliphatic heterocycles. The summed E-state index contributed by atoms with van der Waals surface area (Å²) < 4.78 is 4.94. The zero-order valence-corrected chi connectivity index (χ0v) is 16.9. The second-order valence-electron chi connectivity index (χ2n) is 6.86. The van der Waals surface area contributed by atoms with Gasteiger partial charge in [0.1, 0.15) is 6.29 Å². The van der Waals surface area contributed by atoms with Gasteiger partial charge in [-0.2, -0.15) is 0 Å². The van der Waals surface area contributed by atoms with Crippen molar-refractivity contribution in [3.63, 3.8) is 0 Å². The minimum Gasteiger partial charge on any atom is -0.379 e. The lowest BCUT2D eigenvalue weighted by Crippen LogP contribution is -2.15. The van der Waals surface area contributed by atoms with E-state index in [1.807, 2.05) is 34.6 Å². The van der Waals surface area contributed by atoms with Crippen molar-refractivity contribution in [3.8, 4) is 0 Å². The smallest absolute Gasteiger partial charge is 0.207 e. The lowest BCUT2D eigenvalue weighted by Gasteiger charge is -2.22. The van der Waals surface area contributed by atoms with Gasteiger partial charge in [-0.1, -0.05) is 48.5 Å². The third-order valence-electron chi connectivity index (χ3n) is 2.83. The van der Waals surface area contributed by atoms with Gasteiger partial charge in [0.2, 0.25) is 6.41 Å². The quantitative estimate of drug-likeness (QED) is 0.614. The summed E-state index contributed by atoms with van der Waals surface area (Å²) in [7, 11) is 1.71. The standard InChI is InChI=1S/C7H16.C5H12O.C4H7NO2.C2H6/c1-6(2)7(3,4)5;1-5(2,3)6-4;6-3-1-2-5-4-7;1-2/h6H,1-5H3;1-4H3;3-4H,1-2H2,(H,5,7);1-2H3. The van der Waals surface area contributed by atoms with Crippen LogP contribution in [0.25, 0.3) is 0 Å². The highest BCUT2D eigenvalue weighted by molar-refractivity contribution is 5.51. The van der Waals surface area contributed by atoms with Crippen LogP contribution in [0.4, 0.5) is 0 Å². The van der Waals surface area contributed by atoms with E-state index in [2.05, 4.69) is 39.9 Å². The Labute approximate surface area is 139 Å². The van der Waals surface area contributed by atoms with Gasteiger partial charge in [0.05, 0.1) is 5.60 Å². The number of ether oxygens (including phenoxy) is 1. The van der Waals surface area contributed by atoms with Crippen LogP contribution in [0.5, 0.6) is 0 Å². The summed E-state index contributed by atoms with van der Waals surface area (Å²) >= 11 is 0. The monoisotopic (exact) mass is 319 g/mol. The molecule has 0 spiro atoms. The zero-order valence-electron chi connectivity index (χ0n) is 16.9. The molecule has 1 N–H and O–H groups in total. The second-order valence-corrected chi connectivity index (χ2v) is 6.86. The van der Waals surface area contributed by atoms with E-state index in [1.54, 1.807) is 7.11 Å². The average Bonchev–Trinajstić information content (AvgIpc) is 2.41. The molecule has 0 atom stereocenters. The lowest BCUT2D eigenvalue weighted by molar-refractivity contribution is -0.110. The van der Waals surface area contributed by atoms with Gasteiger partial charge in [0.15, 0.2) is 0 Å². The summed E-state index contributed by atoms with van der Waals surface area (Å²) in [6.45, 7) is 21.8. The van der Waals surface area contributed by atoms with Crippen molar-refractivity contribution < 1.29 is 14.3 Å². The molecule has 0 unspecified atom stereocenters. The third-order valence-corrected chi connectivity index (χ3v) is 2.83. The molecule has 0 saturated carbocycles. The van der Waals surface area contributed by atoms with Gasteiger partial charge in [-0.3, -0.25) is 4.79 Å². The SMILES string of the molecule is CC.CC(C)C(C)(C)C.COC(C)(C)C.O=CCCNC=O. The molecule has 0 fully saturated rings. The Morgan fingerprint density at radius 1 is 1.00 bits per heavy atom. The molecule has 1 amide bonds. The third kappa shape index (κ3) is 42.7. The van der Waals surface area contributed by atoms with Crippen molar-refractivity contribution in [3.05, 3.63) is 0 Å². The Kier molecular flexibility index (Phi) is 24.1. The summed E-state index contributed by atoms with van der Waals surface area (Å²) in [5.41, 5.74) is 0.542. The minimum atomic E-state index is 0.0417. The van der Waals surface area contributed by atoms with E-state index < -0.39 is 0 Å². The first-order valence-electron chi connectivity index (χ1n) is 8.08. The molecule has 22 heavy (non-hydrogen) atoms. The van der Waals surface area contributed by atoms with Crippen molar-refractivity contribution in [1.82, 2.24) is 5.32 Å². The number of carbonyl (C=O) groups is 2. The van der Waals surface area contributed by atoms with E-state index in [-0.39, 0.29) is 5.60 Å². The van der Waals surface area contributed by atoms with Crippen molar-refractivity contribution in [1.29, 1.82) is 0 Å². The van der Waals surface area contributed by atoms with E-state index in [0.717, 1.165) is 12.2 Å².